The van der Waals surface area contributed by atoms with Crippen LogP contribution in [0.5, 0.6) is 0 Å². The number of aryl methyl sites for hydroxylation is 1. The van der Waals surface area contributed by atoms with E-state index in [4.69, 9.17) is 0 Å². The smallest absolute Gasteiger partial charge is 0.264 e. The molecule has 0 aromatic heterocycles. The molecule has 0 N–H and O–H groups in total. The van der Waals surface area contributed by atoms with Crippen LogP contribution in [0.2, 0.25) is 0 Å². The molecular formula is C14H17NO2S. The van der Waals surface area contributed by atoms with E-state index in [9.17, 15) is 8.42 Å². The van der Waals surface area contributed by atoms with Crippen molar-refractivity contribution >= 4 is 10.0 Å². The van der Waals surface area contributed by atoms with E-state index in [0.29, 0.717) is 29.2 Å². The molecule has 3 rings (SSSR count). The van der Waals surface area contributed by atoms with Crippen LogP contribution >= 0.6 is 0 Å². The Hall–Kier alpha value is -1.29. The molecule has 3 atom stereocenters. The fourth-order valence-corrected chi connectivity index (χ4v) is 4.47. The van der Waals surface area contributed by atoms with Gasteiger partial charge < -0.3 is 0 Å². The van der Waals surface area contributed by atoms with Crippen LogP contribution in [0.15, 0.2) is 41.4 Å². The van der Waals surface area contributed by atoms with Gasteiger partial charge in [0.2, 0.25) is 0 Å². The van der Waals surface area contributed by atoms with E-state index in [0.717, 1.165) is 11.3 Å². The summed E-state index contributed by atoms with van der Waals surface area (Å²) in [5.74, 6) is 1.46. The molecule has 0 radical (unpaired) electrons. The van der Waals surface area contributed by atoms with Gasteiger partial charge in [-0.15, -0.1) is 0 Å². The van der Waals surface area contributed by atoms with E-state index in [1.165, 1.54) is 4.31 Å². The molecule has 18 heavy (non-hydrogen) atoms. The molecule has 0 bridgehead atoms. The van der Waals surface area contributed by atoms with Gasteiger partial charge >= 0.3 is 0 Å². The first-order valence-corrected chi connectivity index (χ1v) is 7.65. The minimum Gasteiger partial charge on any atom is -0.270 e. The van der Waals surface area contributed by atoms with Crippen molar-refractivity contribution in [3.8, 4) is 0 Å². The van der Waals surface area contributed by atoms with Crippen LogP contribution < -0.4 is 0 Å². The minimum atomic E-state index is -3.40. The van der Waals surface area contributed by atoms with E-state index in [2.05, 4.69) is 13.5 Å². The summed E-state index contributed by atoms with van der Waals surface area (Å²) < 4.78 is 26.5. The molecule has 1 heterocycles. The van der Waals surface area contributed by atoms with Gasteiger partial charge in [-0.05, 0) is 30.9 Å². The van der Waals surface area contributed by atoms with Gasteiger partial charge in [-0.3, -0.25) is 4.31 Å². The first-order chi connectivity index (χ1) is 8.43. The van der Waals surface area contributed by atoms with Gasteiger partial charge in [0.25, 0.3) is 10.0 Å². The third kappa shape index (κ3) is 1.52. The zero-order valence-electron chi connectivity index (χ0n) is 10.6. The molecule has 2 fully saturated rings. The van der Waals surface area contributed by atoms with Crippen LogP contribution in [0, 0.1) is 24.7 Å². The van der Waals surface area contributed by atoms with Crippen molar-refractivity contribution in [1.82, 2.24) is 4.31 Å². The van der Waals surface area contributed by atoms with Gasteiger partial charge in [0, 0.05) is 18.2 Å². The van der Waals surface area contributed by atoms with Gasteiger partial charge in [0.1, 0.15) is 0 Å². The van der Waals surface area contributed by atoms with Crippen molar-refractivity contribution < 1.29 is 8.42 Å². The van der Waals surface area contributed by atoms with Crippen molar-refractivity contribution in [2.24, 2.45) is 17.8 Å². The van der Waals surface area contributed by atoms with Crippen molar-refractivity contribution in [3.63, 3.8) is 0 Å². The molecule has 1 aromatic carbocycles. The van der Waals surface area contributed by atoms with Crippen LogP contribution in [0.25, 0.3) is 0 Å². The van der Waals surface area contributed by atoms with E-state index < -0.39 is 10.0 Å². The van der Waals surface area contributed by atoms with E-state index in [1.807, 2.05) is 19.1 Å². The zero-order chi connectivity index (χ0) is 13.1. The third-order valence-electron chi connectivity index (χ3n) is 4.25. The average Bonchev–Trinajstić information content (AvgIpc) is 2.79. The molecule has 2 aliphatic rings. The average molecular weight is 263 g/mol. The third-order valence-corrected chi connectivity index (χ3v) is 6.08. The number of piperidine rings is 1. The molecule has 1 aliphatic heterocycles. The molecule has 4 heteroatoms. The number of hydrogen-bond donors (Lipinski definition) is 0. The van der Waals surface area contributed by atoms with E-state index >= 15 is 0 Å². The van der Waals surface area contributed by atoms with Crippen LogP contribution in [0.3, 0.4) is 0 Å². The second-order valence-corrected chi connectivity index (χ2v) is 7.25. The summed E-state index contributed by atoms with van der Waals surface area (Å²) in [5, 5.41) is 0. The normalized spacial score (nSPS) is 30.4. The summed E-state index contributed by atoms with van der Waals surface area (Å²) >= 11 is 0. The number of fused-ring (bicyclic) bond motifs is 1. The molecule has 1 aromatic rings. The van der Waals surface area contributed by atoms with E-state index in [-0.39, 0.29) is 0 Å². The summed E-state index contributed by atoms with van der Waals surface area (Å²) in [6.45, 7) is 8.67. The molecule has 1 aliphatic carbocycles. The fraction of sp³-hybridized carbons (Fsp3) is 0.429. The highest BCUT2D eigenvalue weighted by atomic mass is 32.2. The first-order valence-electron chi connectivity index (χ1n) is 6.21. The topological polar surface area (TPSA) is 37.4 Å². The van der Waals surface area contributed by atoms with Crippen molar-refractivity contribution in [3.05, 3.63) is 42.1 Å². The molecule has 0 amide bonds. The SMILES string of the molecule is C=C1[C@@H]2[C@@H](C)[C@@H]2CN1S(=O)(=O)c1ccc(C)cc1. The number of hydrogen-bond acceptors (Lipinski definition) is 2. The number of sulfonamides is 1. The molecule has 96 valence electrons. The largest absolute Gasteiger partial charge is 0.270 e. The Kier molecular flexibility index (Phi) is 2.36. The number of allylic oxidation sites excluding steroid dienone is 1. The predicted molar refractivity (Wildman–Crippen MR) is 70.4 cm³/mol. The maximum absolute atomic E-state index is 12.5. The second kappa shape index (κ2) is 3.60. The minimum absolute atomic E-state index is 0.364. The summed E-state index contributed by atoms with van der Waals surface area (Å²) in [6, 6.07) is 7.00. The lowest BCUT2D eigenvalue weighted by atomic mass is 10.2. The first kappa shape index (κ1) is 11.8. The standard InChI is InChI=1S/C14H17NO2S/c1-9-4-6-12(7-5-9)18(16,17)15-8-13-10(2)14(13)11(15)3/h4-7,10,13-14H,3,8H2,1-2H3/t10-,13-,14-/m0/s1. The van der Waals surface area contributed by atoms with E-state index in [1.54, 1.807) is 12.1 Å². The summed E-state index contributed by atoms with van der Waals surface area (Å²) in [6.07, 6.45) is 0. The highest BCUT2D eigenvalue weighted by Gasteiger charge is 2.57. The highest BCUT2D eigenvalue weighted by Crippen LogP contribution is 2.57. The predicted octanol–water partition coefficient (Wildman–Crippen LogP) is 2.40. The van der Waals surface area contributed by atoms with Crippen LogP contribution in [0.4, 0.5) is 0 Å². The Labute approximate surface area is 108 Å². The summed E-state index contributed by atoms with van der Waals surface area (Å²) in [5.41, 5.74) is 1.83. The van der Waals surface area contributed by atoms with Crippen LogP contribution in [0.1, 0.15) is 12.5 Å². The lowest BCUT2D eigenvalue weighted by molar-refractivity contribution is 0.468. The maximum atomic E-state index is 12.5. The number of rotatable bonds is 2. The van der Waals surface area contributed by atoms with Gasteiger partial charge in [-0.25, -0.2) is 8.42 Å². The molecule has 3 nitrogen and oxygen atoms in total. The van der Waals surface area contributed by atoms with Crippen molar-refractivity contribution in [1.29, 1.82) is 0 Å². The fourth-order valence-electron chi connectivity index (χ4n) is 2.94. The zero-order valence-corrected chi connectivity index (χ0v) is 11.4. The molecule has 1 saturated heterocycles. The van der Waals surface area contributed by atoms with Gasteiger partial charge in [-0.1, -0.05) is 31.2 Å². The Morgan fingerprint density at radius 3 is 2.39 bits per heavy atom. The monoisotopic (exact) mass is 263 g/mol. The molecule has 1 saturated carbocycles. The highest BCUT2D eigenvalue weighted by molar-refractivity contribution is 7.89. The lowest BCUT2D eigenvalue weighted by Crippen LogP contribution is -2.29. The Morgan fingerprint density at radius 2 is 1.89 bits per heavy atom. The van der Waals surface area contributed by atoms with Crippen molar-refractivity contribution in [2.45, 2.75) is 18.7 Å². The van der Waals surface area contributed by atoms with Gasteiger partial charge in [0.05, 0.1) is 4.90 Å². The maximum Gasteiger partial charge on any atom is 0.264 e. The quantitative estimate of drug-likeness (QED) is 0.821. The van der Waals surface area contributed by atoms with Gasteiger partial charge in [0.15, 0.2) is 0 Å². The molecule has 0 spiro atoms. The summed E-state index contributed by atoms with van der Waals surface area (Å²) in [7, 11) is -3.40. The summed E-state index contributed by atoms with van der Waals surface area (Å²) in [4.78, 5) is 0.364. The van der Waals surface area contributed by atoms with Crippen LogP contribution in [-0.4, -0.2) is 19.3 Å². The number of benzene rings is 1. The molecule has 0 unspecified atom stereocenters. The molecular weight excluding hydrogens is 246 g/mol. The van der Waals surface area contributed by atoms with Gasteiger partial charge in [-0.2, -0.15) is 0 Å². The Morgan fingerprint density at radius 1 is 1.28 bits per heavy atom. The Balaban J connectivity index is 1.92. The van der Waals surface area contributed by atoms with Crippen molar-refractivity contribution in [2.75, 3.05) is 6.54 Å². The Bertz CT molecular complexity index is 603. The number of nitrogens with zero attached hydrogens (tertiary/aromatic N) is 1. The van der Waals surface area contributed by atoms with Crippen LogP contribution in [-0.2, 0) is 10.0 Å². The second-order valence-electron chi connectivity index (χ2n) is 5.39. The lowest BCUT2D eigenvalue weighted by Gasteiger charge is -2.23.